The second-order valence-electron chi connectivity index (χ2n) is 10.1. The summed E-state index contributed by atoms with van der Waals surface area (Å²) in [5.41, 5.74) is -0.447. The fraction of sp³-hybridized carbons (Fsp3) is 0.857. The molecule has 0 saturated carbocycles. The van der Waals surface area contributed by atoms with Crippen LogP contribution in [0.2, 0.25) is 0 Å². The maximum absolute atomic E-state index is 13.8. The Hall–Kier alpha value is -1.28. The summed E-state index contributed by atoms with van der Waals surface area (Å²) in [6.45, 7) is 11.5. The summed E-state index contributed by atoms with van der Waals surface area (Å²) in [4.78, 5) is 41.7. The van der Waals surface area contributed by atoms with Crippen molar-refractivity contribution in [2.75, 3.05) is 13.7 Å². The summed E-state index contributed by atoms with van der Waals surface area (Å²) in [5, 5.41) is 15.9. The van der Waals surface area contributed by atoms with Crippen molar-refractivity contribution in [3.05, 3.63) is 0 Å². The van der Waals surface area contributed by atoms with Crippen LogP contribution in [0.1, 0.15) is 48.0 Å². The fourth-order valence-electron chi connectivity index (χ4n) is 5.64. The summed E-state index contributed by atoms with van der Waals surface area (Å²) in [5.74, 6) is -1.34. The lowest BCUT2D eigenvalue weighted by atomic mass is 9.66. The highest BCUT2D eigenvalue weighted by Gasteiger charge is 2.76. The van der Waals surface area contributed by atoms with E-state index in [1.807, 2.05) is 34.6 Å². The van der Waals surface area contributed by atoms with Crippen LogP contribution in [0.15, 0.2) is 0 Å². The van der Waals surface area contributed by atoms with Gasteiger partial charge in [0.15, 0.2) is 0 Å². The van der Waals surface area contributed by atoms with Gasteiger partial charge in [0.1, 0.15) is 6.04 Å². The summed E-state index contributed by atoms with van der Waals surface area (Å²) in [7, 11) is 1.60. The number of rotatable bonds is 5. The topological polar surface area (TPSA) is 98.7 Å². The van der Waals surface area contributed by atoms with Gasteiger partial charge in [0, 0.05) is 17.8 Å². The maximum Gasteiger partial charge on any atom is 0.244 e. The van der Waals surface area contributed by atoms with Crippen molar-refractivity contribution in [3.63, 3.8) is 0 Å². The first-order chi connectivity index (χ1) is 13.4. The molecule has 164 valence electrons. The molecule has 8 heteroatoms. The second-order valence-corrected chi connectivity index (χ2v) is 11.7. The van der Waals surface area contributed by atoms with E-state index in [9.17, 15) is 19.5 Å². The number of hydrogen-bond donors (Lipinski definition) is 3. The van der Waals surface area contributed by atoms with Crippen molar-refractivity contribution < 1.29 is 19.5 Å². The zero-order chi connectivity index (χ0) is 21.9. The molecule has 3 aliphatic rings. The van der Waals surface area contributed by atoms with E-state index >= 15 is 0 Å². The Kier molecular flexibility index (Phi) is 5.75. The first kappa shape index (κ1) is 22.4. The average Bonchev–Trinajstić information content (AvgIpc) is 3.18. The van der Waals surface area contributed by atoms with Crippen molar-refractivity contribution in [3.8, 4) is 0 Å². The van der Waals surface area contributed by atoms with Crippen molar-refractivity contribution in [1.29, 1.82) is 0 Å². The molecule has 3 aliphatic heterocycles. The molecule has 2 bridgehead atoms. The number of aliphatic hydroxyl groups excluding tert-OH is 1. The molecule has 0 aromatic carbocycles. The molecule has 3 fully saturated rings. The van der Waals surface area contributed by atoms with Gasteiger partial charge in [0.05, 0.1) is 29.2 Å². The molecule has 1 spiro atoms. The quantitative estimate of drug-likeness (QED) is 0.610. The molecule has 7 nitrogen and oxygen atoms in total. The lowest BCUT2D eigenvalue weighted by Crippen LogP contribution is -2.61. The monoisotopic (exact) mass is 425 g/mol. The van der Waals surface area contributed by atoms with Gasteiger partial charge in [-0.1, -0.05) is 20.8 Å². The van der Waals surface area contributed by atoms with Crippen molar-refractivity contribution >= 4 is 29.5 Å². The second kappa shape index (κ2) is 7.45. The Bertz CT molecular complexity index is 707. The van der Waals surface area contributed by atoms with Gasteiger partial charge in [0.25, 0.3) is 0 Å². The average molecular weight is 426 g/mol. The van der Waals surface area contributed by atoms with Gasteiger partial charge in [-0.3, -0.25) is 14.4 Å². The smallest absolute Gasteiger partial charge is 0.244 e. The molecule has 3 N–H and O–H groups in total. The molecular formula is C21H35N3O4S. The van der Waals surface area contributed by atoms with Crippen LogP contribution in [0, 0.1) is 23.7 Å². The Morgan fingerprint density at radius 2 is 1.93 bits per heavy atom. The van der Waals surface area contributed by atoms with Gasteiger partial charge in [-0.15, -0.1) is 11.8 Å². The van der Waals surface area contributed by atoms with Gasteiger partial charge in [-0.05, 0) is 39.0 Å². The van der Waals surface area contributed by atoms with Crippen LogP contribution in [0.4, 0.5) is 0 Å². The number of carbonyl (C=O) groups excluding carboxylic acids is 3. The molecule has 0 aromatic rings. The number of nitrogens with one attached hydrogen (secondary N) is 2. The molecule has 3 heterocycles. The molecule has 3 rings (SSSR count). The molecule has 7 atom stereocenters. The van der Waals surface area contributed by atoms with Crippen LogP contribution in [-0.4, -0.2) is 69.0 Å². The van der Waals surface area contributed by atoms with Crippen LogP contribution >= 0.6 is 11.8 Å². The number of fused-ring (bicyclic) bond motifs is 1. The van der Waals surface area contributed by atoms with E-state index in [1.54, 1.807) is 23.7 Å². The summed E-state index contributed by atoms with van der Waals surface area (Å²) in [6, 6.07) is -1.16. The van der Waals surface area contributed by atoms with Gasteiger partial charge < -0.3 is 20.6 Å². The van der Waals surface area contributed by atoms with Gasteiger partial charge in [-0.25, -0.2) is 0 Å². The van der Waals surface area contributed by atoms with Gasteiger partial charge >= 0.3 is 0 Å². The lowest BCUT2D eigenvalue weighted by molar-refractivity contribution is -0.144. The number of amides is 3. The Morgan fingerprint density at radius 3 is 2.41 bits per heavy atom. The van der Waals surface area contributed by atoms with E-state index in [2.05, 4.69) is 17.6 Å². The largest absolute Gasteiger partial charge is 0.394 e. The number of carbonyl (C=O) groups is 3. The van der Waals surface area contributed by atoms with Crippen molar-refractivity contribution in [2.24, 2.45) is 23.7 Å². The molecular weight excluding hydrogens is 390 g/mol. The maximum atomic E-state index is 13.8. The summed E-state index contributed by atoms with van der Waals surface area (Å²) < 4.78 is -0.642. The zero-order valence-electron chi connectivity index (χ0n) is 18.5. The number of nitrogens with zero attached hydrogens (tertiary/aromatic N) is 1. The highest BCUT2D eigenvalue weighted by Crippen LogP contribution is 2.68. The Morgan fingerprint density at radius 1 is 1.31 bits per heavy atom. The third kappa shape index (κ3) is 3.26. The molecule has 3 unspecified atom stereocenters. The van der Waals surface area contributed by atoms with E-state index in [0.29, 0.717) is 0 Å². The van der Waals surface area contributed by atoms with E-state index in [0.717, 1.165) is 6.42 Å². The molecule has 3 amide bonds. The van der Waals surface area contributed by atoms with Gasteiger partial charge in [0.2, 0.25) is 17.7 Å². The third-order valence-electron chi connectivity index (χ3n) is 6.79. The van der Waals surface area contributed by atoms with E-state index in [1.165, 1.54) is 0 Å². The highest BCUT2D eigenvalue weighted by molar-refractivity contribution is 8.02. The van der Waals surface area contributed by atoms with E-state index < -0.39 is 34.2 Å². The van der Waals surface area contributed by atoms with Crippen LogP contribution in [0.25, 0.3) is 0 Å². The number of thioether (sulfide) groups is 1. The Labute approximate surface area is 177 Å². The van der Waals surface area contributed by atoms with Crippen LogP contribution in [0.3, 0.4) is 0 Å². The number of likely N-dealkylation sites (tertiary alicyclic amines) is 1. The van der Waals surface area contributed by atoms with Crippen LogP contribution < -0.4 is 10.6 Å². The normalized spacial score (nSPS) is 37.1. The van der Waals surface area contributed by atoms with Gasteiger partial charge in [-0.2, -0.15) is 0 Å². The van der Waals surface area contributed by atoms with Crippen LogP contribution in [-0.2, 0) is 14.4 Å². The van der Waals surface area contributed by atoms with Crippen LogP contribution in [0.5, 0.6) is 0 Å². The fourth-order valence-corrected chi connectivity index (χ4v) is 8.05. The molecule has 0 aromatic heterocycles. The summed E-state index contributed by atoms with van der Waals surface area (Å²) >= 11 is 1.65. The van der Waals surface area contributed by atoms with Crippen molar-refractivity contribution in [1.82, 2.24) is 15.5 Å². The standard InChI is InChI=1S/C21H35N3O4S/c1-10(2)12(9-25)24-16(18(27)23-20(4,5)6)21-11(3)8-13(29-21)14(17(26)22-7)15(21)19(24)28/h10-16,25H,8-9H2,1-7H3,(H,22,26)(H,23,27)/t11?,12-,13-,14+,15-,16?,21?/m0/s1. The Balaban J connectivity index is 2.14. The molecule has 3 saturated heterocycles. The minimum atomic E-state index is -0.696. The lowest BCUT2D eigenvalue weighted by Gasteiger charge is -2.41. The highest BCUT2D eigenvalue weighted by atomic mass is 32.2. The number of hydrogen-bond acceptors (Lipinski definition) is 5. The first-order valence-electron chi connectivity index (χ1n) is 10.5. The SMILES string of the molecule is CNC(=O)[C@@H]1[C@@H]2CC(C)C3(S2)C(C(=O)NC(C)(C)C)N([C@@H](CO)C(C)C)C(=O)[C@H]13. The predicted molar refractivity (Wildman–Crippen MR) is 113 cm³/mol. The predicted octanol–water partition coefficient (Wildman–Crippen LogP) is 1.00. The molecule has 29 heavy (non-hydrogen) atoms. The minimum absolute atomic E-state index is 0.0138. The number of aliphatic hydroxyl groups is 1. The van der Waals surface area contributed by atoms with Crippen molar-refractivity contribution in [2.45, 2.75) is 75.6 Å². The zero-order valence-corrected chi connectivity index (χ0v) is 19.3. The molecule has 0 aliphatic carbocycles. The first-order valence-corrected chi connectivity index (χ1v) is 11.4. The molecule has 0 radical (unpaired) electrons. The summed E-state index contributed by atoms with van der Waals surface area (Å²) in [6.07, 6.45) is 0.811. The third-order valence-corrected chi connectivity index (χ3v) is 8.87. The minimum Gasteiger partial charge on any atom is -0.394 e. The van der Waals surface area contributed by atoms with E-state index in [-0.39, 0.29) is 41.4 Å². The van der Waals surface area contributed by atoms with E-state index in [4.69, 9.17) is 0 Å².